The van der Waals surface area contributed by atoms with Crippen LogP contribution in [0.1, 0.15) is 10.4 Å². The van der Waals surface area contributed by atoms with E-state index in [1.54, 1.807) is 0 Å². The number of nitrogens with zero attached hydrogens (tertiary/aromatic N) is 2. The number of amides is 1. The van der Waals surface area contributed by atoms with Crippen molar-refractivity contribution in [2.24, 2.45) is 0 Å². The van der Waals surface area contributed by atoms with Crippen molar-refractivity contribution in [3.63, 3.8) is 0 Å². The summed E-state index contributed by atoms with van der Waals surface area (Å²) < 4.78 is 0. The normalized spacial score (nSPS) is 16.9. The van der Waals surface area contributed by atoms with Gasteiger partial charge in [0.2, 0.25) is 0 Å². The average molecular weight is 276 g/mol. The largest absolute Gasteiger partial charge is 0.388 e. The molecule has 1 aliphatic heterocycles. The Labute approximate surface area is 120 Å². The molecule has 0 spiro atoms. The van der Waals surface area contributed by atoms with Crippen molar-refractivity contribution in [2.45, 2.75) is 0 Å². The standard InChI is InChI=1S/C15H24N4O/c1-16-14-5-3-13(4-6-14)15(20)17-7-8-19-11-9-18(2)10-12-19/h3-6,16H,7-12H2,1-2H3,(H,17,20). The van der Waals surface area contributed by atoms with Crippen LogP contribution in [-0.2, 0) is 0 Å². The predicted molar refractivity (Wildman–Crippen MR) is 82.3 cm³/mol. The highest BCUT2D eigenvalue weighted by molar-refractivity contribution is 5.94. The van der Waals surface area contributed by atoms with Gasteiger partial charge in [0, 0.05) is 57.6 Å². The summed E-state index contributed by atoms with van der Waals surface area (Å²) in [6.07, 6.45) is 0. The van der Waals surface area contributed by atoms with Crippen molar-refractivity contribution in [1.82, 2.24) is 15.1 Å². The summed E-state index contributed by atoms with van der Waals surface area (Å²) in [6.45, 7) is 6.02. The first-order chi connectivity index (χ1) is 9.69. The van der Waals surface area contributed by atoms with Gasteiger partial charge in [0.05, 0.1) is 0 Å². The average Bonchev–Trinajstić information content (AvgIpc) is 2.49. The van der Waals surface area contributed by atoms with Gasteiger partial charge in [-0.2, -0.15) is 0 Å². The molecular formula is C15H24N4O. The van der Waals surface area contributed by atoms with E-state index in [0.717, 1.165) is 38.4 Å². The summed E-state index contributed by atoms with van der Waals surface area (Å²) in [4.78, 5) is 16.7. The second-order valence-corrected chi connectivity index (χ2v) is 5.23. The van der Waals surface area contributed by atoms with Crippen molar-refractivity contribution in [3.8, 4) is 0 Å². The number of benzene rings is 1. The monoisotopic (exact) mass is 276 g/mol. The lowest BCUT2D eigenvalue weighted by atomic mass is 10.2. The maximum atomic E-state index is 12.0. The third-order valence-electron chi connectivity index (χ3n) is 3.75. The molecule has 1 aromatic carbocycles. The zero-order chi connectivity index (χ0) is 14.4. The summed E-state index contributed by atoms with van der Waals surface area (Å²) >= 11 is 0. The lowest BCUT2D eigenvalue weighted by Gasteiger charge is -2.32. The van der Waals surface area contributed by atoms with E-state index in [-0.39, 0.29) is 5.91 Å². The van der Waals surface area contributed by atoms with Crippen LogP contribution >= 0.6 is 0 Å². The van der Waals surface area contributed by atoms with E-state index in [1.165, 1.54) is 0 Å². The van der Waals surface area contributed by atoms with Gasteiger partial charge in [-0.3, -0.25) is 9.69 Å². The zero-order valence-electron chi connectivity index (χ0n) is 12.4. The van der Waals surface area contributed by atoms with Crippen molar-refractivity contribution >= 4 is 11.6 Å². The molecule has 20 heavy (non-hydrogen) atoms. The first-order valence-corrected chi connectivity index (χ1v) is 7.16. The number of carbonyl (C=O) groups excluding carboxylic acids is 1. The third kappa shape index (κ3) is 4.21. The van der Waals surface area contributed by atoms with E-state index in [2.05, 4.69) is 27.5 Å². The van der Waals surface area contributed by atoms with Gasteiger partial charge in [-0.1, -0.05) is 0 Å². The predicted octanol–water partition coefficient (Wildman–Crippen LogP) is 0.706. The SMILES string of the molecule is CNc1ccc(C(=O)NCCN2CCN(C)CC2)cc1. The van der Waals surface area contributed by atoms with Gasteiger partial charge in [-0.15, -0.1) is 0 Å². The molecule has 1 amide bonds. The van der Waals surface area contributed by atoms with E-state index in [1.807, 2.05) is 31.3 Å². The van der Waals surface area contributed by atoms with Crippen LogP contribution < -0.4 is 10.6 Å². The molecule has 2 N–H and O–H groups in total. The molecule has 2 rings (SSSR count). The van der Waals surface area contributed by atoms with Crippen LogP contribution in [0.15, 0.2) is 24.3 Å². The Morgan fingerprint density at radius 1 is 1.15 bits per heavy atom. The molecule has 0 atom stereocenters. The number of nitrogens with one attached hydrogen (secondary N) is 2. The Morgan fingerprint density at radius 3 is 2.40 bits per heavy atom. The van der Waals surface area contributed by atoms with Crippen LogP contribution in [0, 0.1) is 0 Å². The fourth-order valence-electron chi connectivity index (χ4n) is 2.29. The van der Waals surface area contributed by atoms with Gasteiger partial charge < -0.3 is 15.5 Å². The van der Waals surface area contributed by atoms with E-state index in [4.69, 9.17) is 0 Å². The number of hydrogen-bond acceptors (Lipinski definition) is 4. The fourth-order valence-corrected chi connectivity index (χ4v) is 2.29. The van der Waals surface area contributed by atoms with Crippen molar-refractivity contribution in [3.05, 3.63) is 29.8 Å². The van der Waals surface area contributed by atoms with Crippen LogP contribution in [0.3, 0.4) is 0 Å². The Hall–Kier alpha value is -1.59. The smallest absolute Gasteiger partial charge is 0.251 e. The first-order valence-electron chi connectivity index (χ1n) is 7.16. The number of anilines is 1. The Morgan fingerprint density at radius 2 is 1.80 bits per heavy atom. The third-order valence-corrected chi connectivity index (χ3v) is 3.75. The highest BCUT2D eigenvalue weighted by atomic mass is 16.1. The number of likely N-dealkylation sites (N-methyl/N-ethyl adjacent to an activating group) is 1. The molecule has 110 valence electrons. The second-order valence-electron chi connectivity index (χ2n) is 5.23. The Bertz CT molecular complexity index is 424. The lowest BCUT2D eigenvalue weighted by molar-refractivity contribution is 0.0941. The molecule has 5 nitrogen and oxygen atoms in total. The van der Waals surface area contributed by atoms with E-state index in [0.29, 0.717) is 12.1 Å². The Balaban J connectivity index is 1.71. The first kappa shape index (κ1) is 14.8. The maximum absolute atomic E-state index is 12.0. The van der Waals surface area contributed by atoms with E-state index >= 15 is 0 Å². The Kier molecular flexibility index (Phi) is 5.38. The zero-order valence-corrected chi connectivity index (χ0v) is 12.4. The molecule has 0 saturated carbocycles. The highest BCUT2D eigenvalue weighted by Gasteiger charge is 2.13. The van der Waals surface area contributed by atoms with Gasteiger partial charge >= 0.3 is 0 Å². The van der Waals surface area contributed by atoms with Gasteiger partial charge in [0.15, 0.2) is 0 Å². The second kappa shape index (κ2) is 7.26. The van der Waals surface area contributed by atoms with Gasteiger partial charge in [-0.05, 0) is 31.3 Å². The molecule has 0 aliphatic carbocycles. The van der Waals surface area contributed by atoms with Crippen LogP contribution in [0.25, 0.3) is 0 Å². The maximum Gasteiger partial charge on any atom is 0.251 e. The molecule has 0 unspecified atom stereocenters. The van der Waals surface area contributed by atoms with Gasteiger partial charge in [0.1, 0.15) is 0 Å². The molecule has 1 aromatic rings. The van der Waals surface area contributed by atoms with Crippen molar-refractivity contribution in [1.29, 1.82) is 0 Å². The lowest BCUT2D eigenvalue weighted by Crippen LogP contribution is -2.46. The van der Waals surface area contributed by atoms with E-state index in [9.17, 15) is 4.79 Å². The summed E-state index contributed by atoms with van der Waals surface area (Å²) in [5.74, 6) is 0.00165. The van der Waals surface area contributed by atoms with Crippen molar-refractivity contribution in [2.75, 3.05) is 58.7 Å². The van der Waals surface area contributed by atoms with Crippen molar-refractivity contribution < 1.29 is 4.79 Å². The number of piperazine rings is 1. The fraction of sp³-hybridized carbons (Fsp3) is 0.533. The molecule has 1 aliphatic rings. The molecule has 0 bridgehead atoms. The van der Waals surface area contributed by atoms with Crippen LogP contribution in [-0.4, -0.2) is 69.1 Å². The summed E-state index contributed by atoms with van der Waals surface area (Å²) in [5, 5.41) is 6.02. The molecule has 1 saturated heterocycles. The number of hydrogen-bond donors (Lipinski definition) is 2. The minimum absolute atomic E-state index is 0.00165. The molecule has 1 fully saturated rings. The molecule has 0 radical (unpaired) electrons. The summed E-state index contributed by atoms with van der Waals surface area (Å²) in [7, 11) is 4.01. The molecule has 0 aromatic heterocycles. The van der Waals surface area contributed by atoms with Crippen LogP contribution in [0.4, 0.5) is 5.69 Å². The topological polar surface area (TPSA) is 47.6 Å². The van der Waals surface area contributed by atoms with Crippen LogP contribution in [0.5, 0.6) is 0 Å². The van der Waals surface area contributed by atoms with Gasteiger partial charge in [0.25, 0.3) is 5.91 Å². The number of rotatable bonds is 5. The minimum Gasteiger partial charge on any atom is -0.388 e. The highest BCUT2D eigenvalue weighted by Crippen LogP contribution is 2.08. The quantitative estimate of drug-likeness (QED) is 0.831. The molecule has 1 heterocycles. The molecule has 5 heteroatoms. The van der Waals surface area contributed by atoms with Crippen LogP contribution in [0.2, 0.25) is 0 Å². The summed E-state index contributed by atoms with van der Waals surface area (Å²) in [6, 6.07) is 7.51. The summed E-state index contributed by atoms with van der Waals surface area (Å²) in [5.41, 5.74) is 1.72. The van der Waals surface area contributed by atoms with Gasteiger partial charge in [-0.25, -0.2) is 0 Å². The number of carbonyl (C=O) groups is 1. The minimum atomic E-state index is 0.00165. The molecular weight excluding hydrogens is 252 g/mol. The van der Waals surface area contributed by atoms with E-state index < -0.39 is 0 Å².